The molecule has 1 heterocycles. The molecule has 0 radical (unpaired) electrons. The average molecular weight is 393 g/mol. The van der Waals surface area contributed by atoms with Gasteiger partial charge < -0.3 is 0 Å². The summed E-state index contributed by atoms with van der Waals surface area (Å²) in [6, 6.07) is 8.02. The second kappa shape index (κ2) is 4.93. The minimum Gasteiger partial charge on any atom is -0.278 e. The van der Waals surface area contributed by atoms with Crippen molar-refractivity contribution in [2.45, 2.75) is 19.4 Å². The zero-order chi connectivity index (χ0) is 14.6. The van der Waals surface area contributed by atoms with Crippen molar-refractivity contribution in [1.82, 2.24) is 4.90 Å². The zero-order valence-corrected chi connectivity index (χ0v) is 13.7. The Morgan fingerprint density at radius 1 is 0.952 bits per heavy atom. The van der Waals surface area contributed by atoms with Gasteiger partial charge in [0.1, 0.15) is 0 Å². The molecule has 3 nitrogen and oxygen atoms in total. The Bertz CT molecular complexity index is 605. The highest BCUT2D eigenvalue weighted by atomic mass is 127. The predicted molar refractivity (Wildman–Crippen MR) is 87.1 cm³/mol. The van der Waals surface area contributed by atoms with E-state index < -0.39 is 0 Å². The van der Waals surface area contributed by atoms with Gasteiger partial charge in [0.25, 0.3) is 0 Å². The third-order valence-corrected chi connectivity index (χ3v) is 5.82. The summed E-state index contributed by atoms with van der Waals surface area (Å²) < 4.78 is 1.16. The fourth-order valence-corrected chi connectivity index (χ4v) is 4.42. The number of imide groups is 1. The molecule has 5 rings (SSSR count). The molecule has 2 fully saturated rings. The maximum atomic E-state index is 12.7. The summed E-state index contributed by atoms with van der Waals surface area (Å²) in [7, 11) is 0. The normalized spacial score (nSPS) is 33.7. The van der Waals surface area contributed by atoms with E-state index in [9.17, 15) is 9.59 Å². The van der Waals surface area contributed by atoms with Crippen LogP contribution in [0.1, 0.15) is 18.4 Å². The summed E-state index contributed by atoms with van der Waals surface area (Å²) >= 11 is 2.25. The average Bonchev–Trinajstić information content (AvgIpc) is 2.78. The van der Waals surface area contributed by atoms with Gasteiger partial charge in [-0.05, 0) is 65.0 Å². The molecule has 0 N–H and O–H groups in total. The van der Waals surface area contributed by atoms with E-state index >= 15 is 0 Å². The molecule has 2 amide bonds. The van der Waals surface area contributed by atoms with Crippen molar-refractivity contribution in [2.75, 3.05) is 0 Å². The second-order valence-electron chi connectivity index (χ2n) is 6.23. The van der Waals surface area contributed by atoms with E-state index in [-0.39, 0.29) is 35.5 Å². The van der Waals surface area contributed by atoms with E-state index in [0.717, 1.165) is 22.0 Å². The van der Waals surface area contributed by atoms with Gasteiger partial charge in [0.05, 0.1) is 18.4 Å². The Kier molecular flexibility index (Phi) is 3.17. The predicted octanol–water partition coefficient (Wildman–Crippen LogP) is 2.99. The number of amides is 2. The lowest BCUT2D eigenvalue weighted by atomic mass is 9.63. The Morgan fingerprint density at radius 2 is 1.48 bits per heavy atom. The van der Waals surface area contributed by atoms with Crippen LogP contribution in [-0.2, 0) is 16.1 Å². The Balaban J connectivity index is 1.61. The molecule has 1 saturated carbocycles. The lowest BCUT2D eigenvalue weighted by Crippen LogP contribution is -2.38. The number of rotatable bonds is 2. The molecule has 1 aliphatic heterocycles. The van der Waals surface area contributed by atoms with Gasteiger partial charge in [-0.25, -0.2) is 0 Å². The number of hydrogen-bond donors (Lipinski definition) is 0. The third-order valence-electron chi connectivity index (χ3n) is 5.10. The van der Waals surface area contributed by atoms with Crippen molar-refractivity contribution in [1.29, 1.82) is 0 Å². The van der Waals surface area contributed by atoms with Gasteiger partial charge in [-0.3, -0.25) is 14.5 Å². The van der Waals surface area contributed by atoms with Gasteiger partial charge in [0.2, 0.25) is 11.8 Å². The summed E-state index contributed by atoms with van der Waals surface area (Å²) in [5.74, 6) is 0.455. The molecule has 0 unspecified atom stereocenters. The van der Waals surface area contributed by atoms with E-state index in [0.29, 0.717) is 6.54 Å². The summed E-state index contributed by atoms with van der Waals surface area (Å²) in [6.07, 6.45) is 6.43. The molecule has 4 atom stereocenters. The molecule has 2 bridgehead atoms. The molecular formula is C17H16INO2. The minimum absolute atomic E-state index is 0.0441. The molecule has 0 spiro atoms. The van der Waals surface area contributed by atoms with Crippen LogP contribution in [0.15, 0.2) is 36.4 Å². The quantitative estimate of drug-likeness (QED) is 0.440. The molecular weight excluding hydrogens is 377 g/mol. The van der Waals surface area contributed by atoms with E-state index in [1.54, 1.807) is 0 Å². The lowest BCUT2D eigenvalue weighted by Gasteiger charge is -2.38. The van der Waals surface area contributed by atoms with Crippen molar-refractivity contribution < 1.29 is 9.59 Å². The summed E-state index contributed by atoms with van der Waals surface area (Å²) in [5.41, 5.74) is 1.02. The monoisotopic (exact) mass is 393 g/mol. The molecule has 4 heteroatoms. The fourth-order valence-electron chi connectivity index (χ4n) is 4.06. The van der Waals surface area contributed by atoms with Gasteiger partial charge in [-0.15, -0.1) is 0 Å². The maximum absolute atomic E-state index is 12.7. The number of fused-ring (bicyclic) bond motifs is 1. The lowest BCUT2D eigenvalue weighted by molar-refractivity contribution is -0.140. The standard InChI is InChI=1S/C17H16INO2/c18-13-7-1-10(2-8-13)9-19-16(20)14-11-3-4-12(6-5-11)15(14)17(19)21/h1-4,7-8,11-12,14-15H,5-6,9H2/t11-,12-,14+,15+/m0/s1. The number of nitrogens with zero attached hydrogens (tertiary/aromatic N) is 1. The van der Waals surface area contributed by atoms with Crippen molar-refractivity contribution in [3.8, 4) is 0 Å². The number of carbonyl (C=O) groups excluding carboxylic acids is 2. The zero-order valence-electron chi connectivity index (χ0n) is 11.5. The second-order valence-corrected chi connectivity index (χ2v) is 7.48. The Labute approximate surface area is 137 Å². The van der Waals surface area contributed by atoms with Gasteiger partial charge in [0, 0.05) is 3.57 Å². The van der Waals surface area contributed by atoms with Gasteiger partial charge in [0.15, 0.2) is 0 Å². The summed E-state index contributed by atoms with van der Waals surface area (Å²) in [4.78, 5) is 26.9. The molecule has 108 valence electrons. The summed E-state index contributed by atoms with van der Waals surface area (Å²) in [6.45, 7) is 0.418. The van der Waals surface area contributed by atoms with Crippen molar-refractivity contribution in [3.63, 3.8) is 0 Å². The first-order chi connectivity index (χ1) is 10.1. The largest absolute Gasteiger partial charge is 0.278 e. The number of halogens is 1. The topological polar surface area (TPSA) is 37.4 Å². The smallest absolute Gasteiger partial charge is 0.234 e. The first kappa shape index (κ1) is 13.5. The van der Waals surface area contributed by atoms with Crippen LogP contribution in [0, 0.1) is 27.2 Å². The van der Waals surface area contributed by atoms with E-state index in [1.807, 2.05) is 24.3 Å². The Morgan fingerprint density at radius 3 is 1.95 bits per heavy atom. The van der Waals surface area contributed by atoms with Crippen LogP contribution in [0.2, 0.25) is 0 Å². The molecule has 21 heavy (non-hydrogen) atoms. The molecule has 4 aliphatic rings. The van der Waals surface area contributed by atoms with Gasteiger partial charge in [-0.1, -0.05) is 24.3 Å². The van der Waals surface area contributed by atoms with Crippen LogP contribution >= 0.6 is 22.6 Å². The number of benzene rings is 1. The maximum Gasteiger partial charge on any atom is 0.234 e. The first-order valence-corrected chi connectivity index (χ1v) is 8.51. The first-order valence-electron chi connectivity index (χ1n) is 7.43. The van der Waals surface area contributed by atoms with Crippen molar-refractivity contribution in [3.05, 3.63) is 45.6 Å². The van der Waals surface area contributed by atoms with Crippen LogP contribution in [0.5, 0.6) is 0 Å². The molecule has 1 aromatic rings. The number of carbonyl (C=O) groups is 2. The Hall–Kier alpha value is -1.17. The third kappa shape index (κ3) is 2.06. The van der Waals surface area contributed by atoms with Crippen molar-refractivity contribution >= 4 is 34.4 Å². The number of likely N-dealkylation sites (tertiary alicyclic amines) is 1. The highest BCUT2D eigenvalue weighted by Crippen LogP contribution is 2.49. The van der Waals surface area contributed by atoms with Gasteiger partial charge in [-0.2, -0.15) is 0 Å². The van der Waals surface area contributed by atoms with Crippen LogP contribution < -0.4 is 0 Å². The van der Waals surface area contributed by atoms with E-state index in [1.165, 1.54) is 4.90 Å². The molecule has 1 aromatic carbocycles. The molecule has 3 aliphatic carbocycles. The van der Waals surface area contributed by atoms with Crippen LogP contribution in [0.25, 0.3) is 0 Å². The van der Waals surface area contributed by atoms with Crippen LogP contribution in [0.3, 0.4) is 0 Å². The highest BCUT2D eigenvalue weighted by molar-refractivity contribution is 14.1. The van der Waals surface area contributed by atoms with Gasteiger partial charge >= 0.3 is 0 Å². The van der Waals surface area contributed by atoms with E-state index in [4.69, 9.17) is 0 Å². The fraction of sp³-hybridized carbons (Fsp3) is 0.412. The number of allylic oxidation sites excluding steroid dienone is 2. The minimum atomic E-state index is -0.0925. The molecule has 1 saturated heterocycles. The van der Waals surface area contributed by atoms with Crippen LogP contribution in [0.4, 0.5) is 0 Å². The van der Waals surface area contributed by atoms with Crippen LogP contribution in [-0.4, -0.2) is 16.7 Å². The highest BCUT2D eigenvalue weighted by Gasteiger charge is 2.56. The van der Waals surface area contributed by atoms with Crippen molar-refractivity contribution in [2.24, 2.45) is 23.7 Å². The summed E-state index contributed by atoms with van der Waals surface area (Å²) in [5, 5.41) is 0. The SMILES string of the molecule is O=C1[C@H]2[C@H](C(=O)N1Cc1ccc(I)cc1)[C@H]1C=C[C@H]2CC1. The number of hydrogen-bond acceptors (Lipinski definition) is 2. The van der Waals surface area contributed by atoms with E-state index in [2.05, 4.69) is 34.7 Å². The molecule has 0 aromatic heterocycles.